The number of urea groups is 1. The van der Waals surface area contributed by atoms with E-state index in [-0.39, 0.29) is 18.1 Å². The molecule has 0 aromatic carbocycles. The number of nitrogens with one attached hydrogen (secondary N) is 2. The molecule has 1 aromatic heterocycles. The van der Waals surface area contributed by atoms with Crippen molar-refractivity contribution < 1.29 is 14.7 Å². The fourth-order valence-electron chi connectivity index (χ4n) is 5.00. The average Bonchev–Trinajstić information content (AvgIpc) is 2.77. The lowest BCUT2D eigenvalue weighted by Crippen LogP contribution is -2.55. The van der Waals surface area contributed by atoms with Crippen LogP contribution in [-0.4, -0.2) is 51.7 Å². The van der Waals surface area contributed by atoms with Gasteiger partial charge in [-0.15, -0.1) is 0 Å². The van der Waals surface area contributed by atoms with Crippen LogP contribution in [0.25, 0.3) is 0 Å². The van der Waals surface area contributed by atoms with Crippen molar-refractivity contribution in [3.05, 3.63) is 23.4 Å². The topological polar surface area (TPSA) is 94.6 Å². The minimum absolute atomic E-state index is 0.161. The van der Waals surface area contributed by atoms with Gasteiger partial charge in [-0.25, -0.2) is 14.6 Å². The summed E-state index contributed by atoms with van der Waals surface area (Å²) in [6.07, 6.45) is 11.9. The highest BCUT2D eigenvalue weighted by atomic mass is 16.4. The Morgan fingerprint density at radius 3 is 2.59 bits per heavy atom. The molecule has 3 heterocycles. The molecule has 1 saturated heterocycles. The molecule has 7 heteroatoms. The van der Waals surface area contributed by atoms with Crippen molar-refractivity contribution in [3.8, 4) is 0 Å². The summed E-state index contributed by atoms with van der Waals surface area (Å²) in [6, 6.07) is 3.63. The van der Waals surface area contributed by atoms with Gasteiger partial charge in [-0.2, -0.15) is 0 Å². The number of anilines is 1. The van der Waals surface area contributed by atoms with E-state index in [4.69, 9.17) is 4.98 Å². The maximum atomic E-state index is 12.7. The summed E-state index contributed by atoms with van der Waals surface area (Å²) >= 11 is 0. The highest BCUT2D eigenvalue weighted by Gasteiger charge is 2.31. The third-order valence-electron chi connectivity index (χ3n) is 6.90. The lowest BCUT2D eigenvalue weighted by Gasteiger charge is -2.39. The molecule has 0 bridgehead atoms. The van der Waals surface area contributed by atoms with Gasteiger partial charge in [0.25, 0.3) is 0 Å². The van der Waals surface area contributed by atoms with Crippen LogP contribution in [0.3, 0.4) is 0 Å². The van der Waals surface area contributed by atoms with Crippen LogP contribution >= 0.6 is 0 Å². The second kappa shape index (κ2) is 12.1. The summed E-state index contributed by atoms with van der Waals surface area (Å²) in [5.74, 6) is 0.117. The number of aryl methyl sites for hydroxylation is 2. The Kier molecular flexibility index (Phi) is 9.18. The molecule has 0 spiro atoms. The zero-order valence-electron chi connectivity index (χ0n) is 19.7. The fourth-order valence-corrected chi connectivity index (χ4v) is 5.00. The number of aliphatic carboxylic acids is 1. The standard InChI is InChI=1S/C25H40N4O3/c1-18-10-8-11-19(2)29(18)25(32)28-22(24(30)31)14-7-5-3-4-6-13-21-16-15-20-12-9-17-26-23(20)27-21/h15-16,18-19,22H,3-14,17H2,1-2H3,(H,26,27)(H,28,32)(H,30,31)/t18-,19+,22-/m0/s1. The number of carboxylic acids is 1. The van der Waals surface area contributed by atoms with Gasteiger partial charge < -0.3 is 20.6 Å². The molecule has 178 valence electrons. The number of aromatic nitrogens is 1. The van der Waals surface area contributed by atoms with Gasteiger partial charge >= 0.3 is 12.0 Å². The first kappa shape index (κ1) is 24.3. The van der Waals surface area contributed by atoms with Crippen molar-refractivity contribution in [3.63, 3.8) is 0 Å². The first-order valence-electron chi connectivity index (χ1n) is 12.5. The summed E-state index contributed by atoms with van der Waals surface area (Å²) in [5, 5.41) is 15.7. The minimum Gasteiger partial charge on any atom is -0.480 e. The minimum atomic E-state index is -0.942. The Morgan fingerprint density at radius 1 is 1.12 bits per heavy atom. The first-order valence-corrected chi connectivity index (χ1v) is 12.5. The van der Waals surface area contributed by atoms with E-state index in [1.165, 1.54) is 12.0 Å². The van der Waals surface area contributed by atoms with E-state index in [0.29, 0.717) is 6.42 Å². The van der Waals surface area contributed by atoms with Crippen LogP contribution in [0.15, 0.2) is 12.1 Å². The number of piperidine rings is 1. The summed E-state index contributed by atoms with van der Waals surface area (Å²) in [6.45, 7) is 5.10. The smallest absolute Gasteiger partial charge is 0.326 e. The molecule has 0 aliphatic carbocycles. The van der Waals surface area contributed by atoms with Crippen LogP contribution in [0, 0.1) is 0 Å². The van der Waals surface area contributed by atoms with E-state index in [2.05, 4.69) is 22.8 Å². The van der Waals surface area contributed by atoms with Crippen LogP contribution in [0.1, 0.15) is 89.3 Å². The van der Waals surface area contributed by atoms with E-state index < -0.39 is 12.0 Å². The van der Waals surface area contributed by atoms with E-state index in [9.17, 15) is 14.7 Å². The van der Waals surface area contributed by atoms with Crippen LogP contribution in [0.5, 0.6) is 0 Å². The quantitative estimate of drug-likeness (QED) is 0.453. The SMILES string of the molecule is C[C@@H]1CCC[C@H](C)N1C(=O)N[C@@H](CCCCCCCc1ccc2c(n1)NCCC2)C(=O)O. The maximum Gasteiger partial charge on any atom is 0.326 e. The first-order chi connectivity index (χ1) is 15.5. The number of carbonyl (C=O) groups excluding carboxylic acids is 1. The molecule has 0 radical (unpaired) electrons. The molecular weight excluding hydrogens is 404 g/mol. The van der Waals surface area contributed by atoms with Gasteiger partial charge in [0.2, 0.25) is 0 Å². The van der Waals surface area contributed by atoms with Crippen molar-refractivity contribution in [1.82, 2.24) is 15.2 Å². The molecule has 3 N–H and O–H groups in total. The number of likely N-dealkylation sites (tertiary alicyclic amines) is 1. The number of amides is 2. The molecule has 32 heavy (non-hydrogen) atoms. The van der Waals surface area contributed by atoms with E-state index >= 15 is 0 Å². The highest BCUT2D eigenvalue weighted by molar-refractivity contribution is 5.82. The molecule has 0 saturated carbocycles. The van der Waals surface area contributed by atoms with Crippen LogP contribution < -0.4 is 10.6 Å². The largest absolute Gasteiger partial charge is 0.480 e. The molecule has 2 aliphatic heterocycles. The Bertz CT molecular complexity index is 760. The zero-order chi connectivity index (χ0) is 22.9. The lowest BCUT2D eigenvalue weighted by molar-refractivity contribution is -0.139. The highest BCUT2D eigenvalue weighted by Crippen LogP contribution is 2.23. The second-order valence-electron chi connectivity index (χ2n) is 9.52. The van der Waals surface area contributed by atoms with Crippen molar-refractivity contribution >= 4 is 17.8 Å². The number of hydrogen-bond acceptors (Lipinski definition) is 4. The van der Waals surface area contributed by atoms with Gasteiger partial charge in [-0.05, 0) is 76.8 Å². The van der Waals surface area contributed by atoms with E-state index in [1.54, 1.807) is 0 Å². The predicted octanol–water partition coefficient (Wildman–Crippen LogP) is 4.75. The number of rotatable bonds is 10. The molecule has 0 unspecified atom stereocenters. The van der Waals surface area contributed by atoms with E-state index in [0.717, 1.165) is 82.3 Å². The monoisotopic (exact) mass is 444 g/mol. The number of pyridine rings is 1. The Balaban J connectivity index is 1.32. The molecule has 2 amide bonds. The Hall–Kier alpha value is -2.31. The van der Waals surface area contributed by atoms with E-state index in [1.807, 2.05) is 18.7 Å². The molecule has 2 aliphatic rings. The van der Waals surface area contributed by atoms with Crippen LogP contribution in [0.4, 0.5) is 10.6 Å². The van der Waals surface area contributed by atoms with Crippen molar-refractivity contribution in [2.75, 3.05) is 11.9 Å². The number of fused-ring (bicyclic) bond motifs is 1. The van der Waals surface area contributed by atoms with Gasteiger partial charge in [0.15, 0.2) is 0 Å². The third kappa shape index (κ3) is 6.84. The second-order valence-corrected chi connectivity index (χ2v) is 9.52. The van der Waals surface area contributed by atoms with Crippen molar-refractivity contribution in [2.24, 2.45) is 0 Å². The average molecular weight is 445 g/mol. The van der Waals surface area contributed by atoms with Crippen LogP contribution in [-0.2, 0) is 17.6 Å². The number of hydrogen-bond donors (Lipinski definition) is 3. The summed E-state index contributed by atoms with van der Waals surface area (Å²) < 4.78 is 0. The van der Waals surface area contributed by atoms with Gasteiger partial charge in [-0.3, -0.25) is 0 Å². The van der Waals surface area contributed by atoms with Crippen molar-refractivity contribution in [1.29, 1.82) is 0 Å². The summed E-state index contributed by atoms with van der Waals surface area (Å²) in [7, 11) is 0. The number of carbonyl (C=O) groups is 2. The Labute approximate surface area is 192 Å². The zero-order valence-corrected chi connectivity index (χ0v) is 19.7. The Morgan fingerprint density at radius 2 is 1.84 bits per heavy atom. The molecule has 1 aromatic rings. The van der Waals surface area contributed by atoms with Gasteiger partial charge in [-0.1, -0.05) is 31.7 Å². The van der Waals surface area contributed by atoms with Gasteiger partial charge in [0.05, 0.1) is 0 Å². The maximum absolute atomic E-state index is 12.7. The number of nitrogens with zero attached hydrogens (tertiary/aromatic N) is 2. The van der Waals surface area contributed by atoms with Crippen LogP contribution in [0.2, 0.25) is 0 Å². The summed E-state index contributed by atoms with van der Waals surface area (Å²) in [4.78, 5) is 30.9. The van der Waals surface area contributed by atoms with Gasteiger partial charge in [0, 0.05) is 24.3 Å². The summed E-state index contributed by atoms with van der Waals surface area (Å²) in [5.41, 5.74) is 2.47. The normalized spacial score (nSPS) is 21.4. The molecular formula is C25H40N4O3. The van der Waals surface area contributed by atoms with Crippen molar-refractivity contribution in [2.45, 2.75) is 109 Å². The molecule has 7 nitrogen and oxygen atoms in total. The third-order valence-corrected chi connectivity index (χ3v) is 6.90. The molecule has 3 rings (SSSR count). The number of carboxylic acid groups (broad SMARTS) is 1. The fraction of sp³-hybridized carbons (Fsp3) is 0.720. The molecule has 3 atom stereocenters. The lowest BCUT2D eigenvalue weighted by atomic mass is 9.98. The number of unbranched alkanes of at least 4 members (excludes halogenated alkanes) is 4. The van der Waals surface area contributed by atoms with Gasteiger partial charge in [0.1, 0.15) is 11.9 Å². The molecule has 1 fully saturated rings. The predicted molar refractivity (Wildman–Crippen MR) is 127 cm³/mol.